The Labute approximate surface area is 222 Å². The highest BCUT2D eigenvalue weighted by molar-refractivity contribution is 5.98. The Morgan fingerprint density at radius 3 is 2.45 bits per heavy atom. The van der Waals surface area contributed by atoms with Crippen molar-refractivity contribution in [3.05, 3.63) is 87.6 Å². The SMILES string of the molecule is COCCN(CC(=O)Nc1cc(C(C)(C)C)nn1-c1ccccc1C)C(=O)C=Cc1ccc([N+](=O)[O-])cc1. The zero-order valence-corrected chi connectivity index (χ0v) is 22.3. The summed E-state index contributed by atoms with van der Waals surface area (Å²) < 4.78 is 6.84. The standard InChI is InChI=1S/C28H33N5O5/c1-20-8-6-7-9-23(20)32-25(18-24(30-32)28(2,3)4)29-26(34)19-31(16-17-38-5)27(35)15-12-21-10-13-22(14-11-21)33(36)37/h6-15,18H,16-17,19H2,1-5H3,(H,29,34). The lowest BCUT2D eigenvalue weighted by molar-refractivity contribution is -0.384. The van der Waals surface area contributed by atoms with E-state index in [9.17, 15) is 19.7 Å². The van der Waals surface area contributed by atoms with Gasteiger partial charge in [0.1, 0.15) is 12.4 Å². The van der Waals surface area contributed by atoms with Gasteiger partial charge in [-0.15, -0.1) is 0 Å². The van der Waals surface area contributed by atoms with Crippen molar-refractivity contribution >= 4 is 29.4 Å². The van der Waals surface area contributed by atoms with Gasteiger partial charge in [0.2, 0.25) is 11.8 Å². The van der Waals surface area contributed by atoms with Gasteiger partial charge in [0.25, 0.3) is 5.69 Å². The number of nitrogens with one attached hydrogen (secondary N) is 1. The molecule has 0 atom stereocenters. The lowest BCUT2D eigenvalue weighted by Crippen LogP contribution is -2.39. The highest BCUT2D eigenvalue weighted by Gasteiger charge is 2.23. The van der Waals surface area contributed by atoms with Crippen LogP contribution < -0.4 is 5.32 Å². The number of amides is 2. The summed E-state index contributed by atoms with van der Waals surface area (Å²) in [5.41, 5.74) is 3.01. The van der Waals surface area contributed by atoms with Crippen LogP contribution in [0.3, 0.4) is 0 Å². The highest BCUT2D eigenvalue weighted by atomic mass is 16.6. The van der Waals surface area contributed by atoms with Crippen LogP contribution in [0.4, 0.5) is 11.5 Å². The van der Waals surface area contributed by atoms with Gasteiger partial charge in [0.05, 0.1) is 22.9 Å². The number of nitrogens with zero attached hydrogens (tertiary/aromatic N) is 4. The second kappa shape index (κ2) is 12.3. The van der Waals surface area contributed by atoms with Gasteiger partial charge < -0.3 is 15.0 Å². The van der Waals surface area contributed by atoms with Gasteiger partial charge in [-0.25, -0.2) is 4.68 Å². The van der Waals surface area contributed by atoms with Gasteiger partial charge in [-0.3, -0.25) is 19.7 Å². The van der Waals surface area contributed by atoms with E-state index < -0.39 is 10.8 Å². The van der Waals surface area contributed by atoms with Crippen LogP contribution in [0.5, 0.6) is 0 Å². The first-order valence-electron chi connectivity index (χ1n) is 12.2. The molecule has 3 rings (SSSR count). The molecule has 1 N–H and O–H groups in total. The summed E-state index contributed by atoms with van der Waals surface area (Å²) in [7, 11) is 1.52. The Morgan fingerprint density at radius 1 is 1.16 bits per heavy atom. The van der Waals surface area contributed by atoms with Crippen LogP contribution in [0.15, 0.2) is 60.7 Å². The van der Waals surface area contributed by atoms with Gasteiger partial charge in [-0.05, 0) is 42.3 Å². The number of carbonyl (C=O) groups excluding carboxylic acids is 2. The molecule has 0 aliphatic carbocycles. The molecule has 10 nitrogen and oxygen atoms in total. The molecule has 0 saturated heterocycles. The van der Waals surface area contributed by atoms with Crippen molar-refractivity contribution in [2.75, 3.05) is 32.1 Å². The molecule has 2 aromatic carbocycles. The molecule has 0 radical (unpaired) electrons. The Bertz CT molecular complexity index is 1320. The van der Waals surface area contributed by atoms with E-state index in [2.05, 4.69) is 5.32 Å². The summed E-state index contributed by atoms with van der Waals surface area (Å²) in [6.45, 7) is 8.37. The molecule has 200 valence electrons. The van der Waals surface area contributed by atoms with Crippen molar-refractivity contribution in [1.29, 1.82) is 0 Å². The largest absolute Gasteiger partial charge is 0.383 e. The zero-order valence-electron chi connectivity index (χ0n) is 22.3. The average Bonchev–Trinajstić information content (AvgIpc) is 3.29. The number of ether oxygens (including phenoxy) is 1. The number of hydrogen-bond donors (Lipinski definition) is 1. The predicted octanol–water partition coefficient (Wildman–Crippen LogP) is 4.51. The molecule has 10 heteroatoms. The van der Waals surface area contributed by atoms with E-state index in [1.807, 2.05) is 58.0 Å². The molecule has 0 aliphatic heterocycles. The predicted molar refractivity (Wildman–Crippen MR) is 146 cm³/mol. The van der Waals surface area contributed by atoms with E-state index in [0.29, 0.717) is 11.4 Å². The number of nitro groups is 1. The number of methoxy groups -OCH3 is 1. The zero-order chi connectivity index (χ0) is 27.9. The lowest BCUT2D eigenvalue weighted by Gasteiger charge is -2.20. The lowest BCUT2D eigenvalue weighted by atomic mass is 9.92. The third kappa shape index (κ3) is 7.36. The summed E-state index contributed by atoms with van der Waals surface area (Å²) in [5.74, 6) is -0.262. The van der Waals surface area contributed by atoms with Crippen LogP contribution in [0.1, 0.15) is 37.6 Å². The Balaban J connectivity index is 1.79. The number of nitro benzene ring substituents is 1. The van der Waals surface area contributed by atoms with Crippen LogP contribution in [0.25, 0.3) is 11.8 Å². The molecule has 38 heavy (non-hydrogen) atoms. The molecule has 0 unspecified atom stereocenters. The summed E-state index contributed by atoms with van der Waals surface area (Å²) >= 11 is 0. The van der Waals surface area contributed by atoms with E-state index in [4.69, 9.17) is 9.84 Å². The van der Waals surface area contributed by atoms with Gasteiger partial charge in [0, 0.05) is 43.3 Å². The minimum atomic E-state index is -0.487. The Morgan fingerprint density at radius 2 is 1.84 bits per heavy atom. The molecular formula is C28H33N5O5. The fourth-order valence-corrected chi connectivity index (χ4v) is 3.63. The minimum absolute atomic E-state index is 0.0357. The van der Waals surface area contributed by atoms with Crippen LogP contribution >= 0.6 is 0 Å². The minimum Gasteiger partial charge on any atom is -0.383 e. The van der Waals surface area contributed by atoms with Gasteiger partial charge in [-0.2, -0.15) is 5.10 Å². The molecule has 1 heterocycles. The van der Waals surface area contributed by atoms with Crippen LogP contribution in [-0.2, 0) is 19.7 Å². The maximum absolute atomic E-state index is 13.1. The number of rotatable bonds is 10. The number of aromatic nitrogens is 2. The maximum atomic E-state index is 13.1. The van der Waals surface area contributed by atoms with Gasteiger partial charge in [0.15, 0.2) is 0 Å². The maximum Gasteiger partial charge on any atom is 0.269 e. The second-order valence-electron chi connectivity index (χ2n) is 9.85. The molecule has 0 spiro atoms. The van der Waals surface area contributed by atoms with E-state index >= 15 is 0 Å². The number of benzene rings is 2. The van der Waals surface area contributed by atoms with Crippen molar-refractivity contribution in [2.24, 2.45) is 0 Å². The Kier molecular flexibility index (Phi) is 9.14. The summed E-state index contributed by atoms with van der Waals surface area (Å²) in [5, 5.41) is 18.5. The number of non-ortho nitro benzene ring substituents is 1. The van der Waals surface area contributed by atoms with Gasteiger partial charge >= 0.3 is 0 Å². The van der Waals surface area contributed by atoms with Crippen molar-refractivity contribution in [2.45, 2.75) is 33.1 Å². The Hall–Kier alpha value is -4.31. The number of anilines is 1. The first-order chi connectivity index (χ1) is 18.0. The summed E-state index contributed by atoms with van der Waals surface area (Å²) in [6, 6.07) is 15.4. The van der Waals surface area contributed by atoms with Crippen LogP contribution in [0, 0.1) is 17.0 Å². The van der Waals surface area contributed by atoms with E-state index in [1.54, 1.807) is 22.9 Å². The van der Waals surface area contributed by atoms with Crippen molar-refractivity contribution in [3.8, 4) is 5.69 Å². The quantitative estimate of drug-likeness (QED) is 0.239. The molecule has 0 fully saturated rings. The van der Waals surface area contributed by atoms with Crippen LogP contribution in [-0.4, -0.2) is 58.2 Å². The smallest absolute Gasteiger partial charge is 0.269 e. The summed E-state index contributed by atoms with van der Waals surface area (Å²) in [6.07, 6.45) is 2.88. The molecule has 0 saturated carbocycles. The molecule has 0 aliphatic rings. The number of hydrogen-bond acceptors (Lipinski definition) is 6. The normalized spacial score (nSPS) is 11.5. The number of carbonyl (C=O) groups is 2. The van der Waals surface area contributed by atoms with E-state index in [1.165, 1.54) is 30.2 Å². The fourth-order valence-electron chi connectivity index (χ4n) is 3.63. The first kappa shape index (κ1) is 28.3. The average molecular weight is 520 g/mol. The van der Waals surface area contributed by atoms with E-state index in [0.717, 1.165) is 16.9 Å². The van der Waals surface area contributed by atoms with Crippen molar-refractivity contribution in [1.82, 2.24) is 14.7 Å². The third-order valence-corrected chi connectivity index (χ3v) is 5.82. The topological polar surface area (TPSA) is 120 Å². The van der Waals surface area contributed by atoms with Crippen LogP contribution in [0.2, 0.25) is 0 Å². The number of para-hydroxylation sites is 1. The molecule has 0 bridgehead atoms. The van der Waals surface area contributed by atoms with Crippen molar-refractivity contribution < 1.29 is 19.2 Å². The van der Waals surface area contributed by atoms with E-state index in [-0.39, 0.29) is 36.7 Å². The first-order valence-corrected chi connectivity index (χ1v) is 12.2. The highest BCUT2D eigenvalue weighted by Crippen LogP contribution is 2.27. The molecule has 3 aromatic rings. The monoisotopic (exact) mass is 519 g/mol. The molecule has 2 amide bonds. The van der Waals surface area contributed by atoms with Crippen molar-refractivity contribution in [3.63, 3.8) is 0 Å². The number of aryl methyl sites for hydroxylation is 1. The second-order valence-corrected chi connectivity index (χ2v) is 9.85. The third-order valence-electron chi connectivity index (χ3n) is 5.82. The molecular weight excluding hydrogens is 486 g/mol. The molecule has 1 aromatic heterocycles. The van der Waals surface area contributed by atoms with Gasteiger partial charge in [-0.1, -0.05) is 39.0 Å². The fraction of sp³-hybridized carbons (Fsp3) is 0.321. The summed E-state index contributed by atoms with van der Waals surface area (Å²) in [4.78, 5) is 37.8.